The molecule has 1 fully saturated rings. The van der Waals surface area contributed by atoms with Gasteiger partial charge in [0.2, 0.25) is 5.78 Å². The normalized spacial score (nSPS) is 35.2. The van der Waals surface area contributed by atoms with Gasteiger partial charge >= 0.3 is 0 Å². The summed E-state index contributed by atoms with van der Waals surface area (Å²) in [5.74, 6) is -8.17. The van der Waals surface area contributed by atoms with E-state index in [4.69, 9.17) is 5.73 Å². The number of Topliss-reactive ketones (excluding diaryl/α,β-unsaturated/α-hetero) is 2. The number of hydrogen-bond acceptors (Lipinski definition) is 10. The topological polar surface area (TPSA) is 177 Å². The van der Waals surface area contributed by atoms with E-state index < -0.39 is 69.6 Å². The summed E-state index contributed by atoms with van der Waals surface area (Å²) < 4.78 is 16.5. The number of aromatic hydroxyl groups is 1. The summed E-state index contributed by atoms with van der Waals surface area (Å²) in [7, 11) is 5.01. The van der Waals surface area contributed by atoms with Gasteiger partial charge in [-0.1, -0.05) is 6.92 Å². The lowest BCUT2D eigenvalue weighted by Crippen LogP contribution is -2.63. The molecule has 0 spiro atoms. The third-order valence-electron chi connectivity index (χ3n) is 9.94. The molecule has 40 heavy (non-hydrogen) atoms. The van der Waals surface area contributed by atoms with Gasteiger partial charge in [-0.3, -0.25) is 24.2 Å². The molecule has 2 aliphatic heterocycles. The van der Waals surface area contributed by atoms with Crippen LogP contribution in [-0.4, -0.2) is 93.6 Å². The first-order valence-electron chi connectivity index (χ1n) is 13.3. The van der Waals surface area contributed by atoms with Gasteiger partial charge in [0.25, 0.3) is 5.91 Å². The average molecular weight is 557 g/mol. The predicted octanol–water partition coefficient (Wildman–Crippen LogP) is 1.07. The van der Waals surface area contributed by atoms with E-state index in [0.29, 0.717) is 12.1 Å². The number of likely N-dealkylation sites (N-methyl/N-ethyl adjacent to an activating group) is 1. The number of aliphatic hydroxyl groups excluding tert-OH is 2. The van der Waals surface area contributed by atoms with Gasteiger partial charge < -0.3 is 31.5 Å². The van der Waals surface area contributed by atoms with Crippen LogP contribution in [-0.2, 0) is 16.0 Å². The maximum Gasteiger partial charge on any atom is 0.255 e. The molecule has 0 radical (unpaired) electrons. The number of carbonyl (C=O) groups excluding carboxylic acids is 3. The molecule has 7 N–H and O–H groups in total. The number of nitrogens with one attached hydrogen (secondary N) is 1. The van der Waals surface area contributed by atoms with Crippen LogP contribution in [0.4, 0.5) is 10.1 Å². The summed E-state index contributed by atoms with van der Waals surface area (Å²) in [6.07, 6.45) is 0.640. The maximum absolute atomic E-state index is 16.5. The second-order valence-corrected chi connectivity index (χ2v) is 12.4. The fourth-order valence-corrected chi connectivity index (χ4v) is 8.07. The van der Waals surface area contributed by atoms with Crippen molar-refractivity contribution >= 4 is 23.2 Å². The molecule has 3 aliphatic carbocycles. The maximum atomic E-state index is 16.5. The van der Waals surface area contributed by atoms with Gasteiger partial charge in [0.05, 0.1) is 17.3 Å². The number of phenolic OH excluding ortho intramolecular Hbond substituents is 1. The predicted molar refractivity (Wildman–Crippen MR) is 140 cm³/mol. The van der Waals surface area contributed by atoms with Gasteiger partial charge in [-0.25, -0.2) is 4.39 Å². The number of phenols is 1. The first-order chi connectivity index (χ1) is 18.7. The number of aliphatic hydroxyl groups is 3. The minimum atomic E-state index is -2.74. The lowest BCUT2D eigenvalue weighted by Gasteiger charge is -2.50. The van der Waals surface area contributed by atoms with E-state index >= 15 is 4.39 Å². The quantitative estimate of drug-likeness (QED) is 0.228. The van der Waals surface area contributed by atoms with Crippen LogP contribution in [0.25, 0.3) is 0 Å². The van der Waals surface area contributed by atoms with Crippen molar-refractivity contribution in [3.8, 4) is 5.75 Å². The van der Waals surface area contributed by atoms with E-state index in [2.05, 4.69) is 12.2 Å². The Kier molecular flexibility index (Phi) is 5.53. The molecule has 0 saturated carbocycles. The average Bonchev–Trinajstić information content (AvgIpc) is 3.18. The summed E-state index contributed by atoms with van der Waals surface area (Å²) in [5, 5.41) is 48.5. The molecular formula is C28H33FN4O7. The van der Waals surface area contributed by atoms with E-state index in [-0.39, 0.29) is 46.7 Å². The minimum absolute atomic E-state index is 0.0146. The first kappa shape index (κ1) is 26.7. The zero-order valence-corrected chi connectivity index (χ0v) is 22.7. The SMILES string of the molecule is CN1CCC2(C)CNc3c(O)c4c(c(F)c3C12)C[C@H]1C[C@H]2[C@H](N(C)C)C(O)=C(C(N)=O)C(=O)[C@@]2(O)C(O)=C1C4=O. The Hall–Kier alpha value is -3.48. The Labute approximate surface area is 229 Å². The van der Waals surface area contributed by atoms with E-state index in [1.807, 2.05) is 11.9 Å². The molecule has 1 aromatic carbocycles. The molecule has 6 rings (SSSR count). The van der Waals surface area contributed by atoms with Crippen LogP contribution in [0.2, 0.25) is 0 Å². The minimum Gasteiger partial charge on any atom is -0.510 e. The van der Waals surface area contributed by atoms with Crippen molar-refractivity contribution < 1.29 is 39.2 Å². The summed E-state index contributed by atoms with van der Waals surface area (Å²) in [4.78, 5) is 43.0. The highest BCUT2D eigenvalue weighted by Crippen LogP contribution is 2.58. The smallest absolute Gasteiger partial charge is 0.255 e. The number of halogens is 1. The van der Waals surface area contributed by atoms with Crippen molar-refractivity contribution in [3.05, 3.63) is 45.2 Å². The molecule has 1 amide bonds. The van der Waals surface area contributed by atoms with Crippen LogP contribution in [0.5, 0.6) is 5.75 Å². The number of ketones is 2. The number of likely N-dealkylation sites (tertiary alicyclic amines) is 1. The number of anilines is 1. The number of rotatable bonds is 2. The molecule has 1 aromatic rings. The highest BCUT2D eigenvalue weighted by Gasteiger charge is 2.63. The van der Waals surface area contributed by atoms with Crippen LogP contribution >= 0.6 is 0 Å². The van der Waals surface area contributed by atoms with E-state index in [1.54, 1.807) is 14.1 Å². The molecule has 11 nitrogen and oxygen atoms in total. The highest BCUT2D eigenvalue weighted by molar-refractivity contribution is 6.25. The van der Waals surface area contributed by atoms with Gasteiger partial charge in [-0.15, -0.1) is 0 Å². The van der Waals surface area contributed by atoms with Gasteiger partial charge in [0.15, 0.2) is 17.1 Å². The number of allylic oxidation sites excluding steroid dienone is 1. The summed E-state index contributed by atoms with van der Waals surface area (Å²) in [6.45, 7) is 3.26. The molecule has 12 heteroatoms. The van der Waals surface area contributed by atoms with E-state index in [9.17, 15) is 34.8 Å². The standard InChI is InChI=1S/C28H33FN4O7/c1-27-5-6-33(4)23(27)15-17(29)11-7-10-8-12-19(32(2)3)22(36)16(26(30)39)25(38)28(12,40)24(37)13(10)20(34)14(11)21(35)18(15)31-9-27/h10,12,19,23,31,35-37,40H,5-9H2,1-4H3,(H2,30,39)/t10-,12-,19-,23?,27?,28-/m0/s1. The van der Waals surface area contributed by atoms with E-state index in [0.717, 1.165) is 13.0 Å². The molecule has 5 aliphatic rings. The highest BCUT2D eigenvalue weighted by atomic mass is 19.1. The number of fused-ring (bicyclic) bond motifs is 6. The molecular weight excluding hydrogens is 523 g/mol. The molecule has 0 bridgehead atoms. The number of benzene rings is 1. The first-order valence-corrected chi connectivity index (χ1v) is 13.3. The Morgan fingerprint density at radius 1 is 1.23 bits per heavy atom. The fraction of sp³-hybridized carbons (Fsp3) is 0.536. The molecule has 1 saturated heterocycles. The molecule has 2 unspecified atom stereocenters. The fourth-order valence-electron chi connectivity index (χ4n) is 8.07. The van der Waals surface area contributed by atoms with Crippen LogP contribution in [0.15, 0.2) is 22.7 Å². The third kappa shape index (κ3) is 3.06. The number of amides is 1. The third-order valence-corrected chi connectivity index (χ3v) is 9.94. The van der Waals surface area contributed by atoms with E-state index in [1.165, 1.54) is 4.90 Å². The monoisotopic (exact) mass is 556 g/mol. The van der Waals surface area contributed by atoms with Crippen molar-refractivity contribution in [2.24, 2.45) is 23.0 Å². The van der Waals surface area contributed by atoms with Crippen molar-refractivity contribution in [1.82, 2.24) is 9.80 Å². The second kappa shape index (κ2) is 8.27. The zero-order valence-electron chi connectivity index (χ0n) is 22.7. The van der Waals surface area contributed by atoms with Gasteiger partial charge in [-0.05, 0) is 52.9 Å². The van der Waals surface area contributed by atoms with Crippen LogP contribution in [0.1, 0.15) is 47.3 Å². The van der Waals surface area contributed by atoms with Gasteiger partial charge in [0.1, 0.15) is 22.9 Å². The van der Waals surface area contributed by atoms with Gasteiger partial charge in [-0.2, -0.15) is 0 Å². The Bertz CT molecular complexity index is 1490. The summed E-state index contributed by atoms with van der Waals surface area (Å²) in [5.41, 5.74) is 1.27. The van der Waals surface area contributed by atoms with Crippen molar-refractivity contribution in [2.45, 2.75) is 43.9 Å². The number of nitrogens with zero attached hydrogens (tertiary/aromatic N) is 2. The van der Waals surface area contributed by atoms with Crippen LogP contribution in [0, 0.1) is 23.1 Å². The van der Waals surface area contributed by atoms with Crippen molar-refractivity contribution in [1.29, 1.82) is 0 Å². The largest absolute Gasteiger partial charge is 0.510 e. The Morgan fingerprint density at radius 3 is 2.52 bits per heavy atom. The number of nitrogens with two attached hydrogens (primary N) is 1. The molecule has 2 heterocycles. The number of primary amides is 1. The van der Waals surface area contributed by atoms with Gasteiger partial charge in [0, 0.05) is 40.6 Å². The Balaban J connectivity index is 1.55. The van der Waals surface area contributed by atoms with Crippen LogP contribution < -0.4 is 11.1 Å². The van der Waals surface area contributed by atoms with Crippen LogP contribution in [0.3, 0.4) is 0 Å². The summed E-state index contributed by atoms with van der Waals surface area (Å²) >= 11 is 0. The number of carbonyl (C=O) groups is 3. The summed E-state index contributed by atoms with van der Waals surface area (Å²) in [6, 6.07) is -1.43. The Morgan fingerprint density at radius 2 is 1.90 bits per heavy atom. The lowest BCUT2D eigenvalue weighted by molar-refractivity contribution is -0.148. The van der Waals surface area contributed by atoms with Crippen molar-refractivity contribution in [2.75, 3.05) is 39.5 Å². The lowest BCUT2D eigenvalue weighted by atomic mass is 9.58. The second-order valence-electron chi connectivity index (χ2n) is 12.4. The molecule has 214 valence electrons. The van der Waals surface area contributed by atoms with Crippen molar-refractivity contribution in [3.63, 3.8) is 0 Å². The molecule has 6 atom stereocenters. The zero-order chi connectivity index (χ0) is 29.2. The number of hydrogen-bond donors (Lipinski definition) is 6. The molecule has 0 aromatic heterocycles.